The first-order valence-corrected chi connectivity index (χ1v) is 6.30. The molecular formula is C10H8ClF2NO3S. The molecule has 0 saturated carbocycles. The van der Waals surface area contributed by atoms with E-state index < -0.39 is 24.1 Å². The minimum absolute atomic E-state index is 0.0474. The van der Waals surface area contributed by atoms with Gasteiger partial charge in [-0.2, -0.15) is 0 Å². The Bertz CT molecular complexity index is 602. The third-order valence-electron chi connectivity index (χ3n) is 2.26. The number of nitrogens with one attached hydrogen (secondary N) is 1. The average Bonchev–Trinajstić information content (AvgIpc) is 2.71. The molecule has 98 valence electrons. The molecule has 2 N–H and O–H groups in total. The molecular weight excluding hydrogens is 288 g/mol. The zero-order valence-electron chi connectivity index (χ0n) is 8.82. The summed E-state index contributed by atoms with van der Waals surface area (Å²) in [7, 11) is 0. The van der Waals surface area contributed by atoms with E-state index in [1.807, 2.05) is 0 Å². The van der Waals surface area contributed by atoms with Gasteiger partial charge in [-0.15, -0.1) is 0 Å². The van der Waals surface area contributed by atoms with E-state index in [0.717, 1.165) is 0 Å². The summed E-state index contributed by atoms with van der Waals surface area (Å²) in [5.74, 6) is 0.0474. The summed E-state index contributed by atoms with van der Waals surface area (Å²) < 4.78 is 49.2. The van der Waals surface area contributed by atoms with Crippen LogP contribution < -0.4 is 4.74 Å². The van der Waals surface area contributed by atoms with Crippen molar-refractivity contribution in [3.05, 3.63) is 23.4 Å². The zero-order valence-corrected chi connectivity index (χ0v) is 10.4. The lowest BCUT2D eigenvalue weighted by Crippen LogP contribution is -2.07. The van der Waals surface area contributed by atoms with E-state index in [0.29, 0.717) is 10.9 Å². The van der Waals surface area contributed by atoms with Gasteiger partial charge in [0.1, 0.15) is 6.61 Å². The number of halogens is 3. The van der Waals surface area contributed by atoms with Gasteiger partial charge in [0.15, 0.2) is 16.8 Å². The highest BCUT2D eigenvalue weighted by molar-refractivity contribution is 7.79. The van der Waals surface area contributed by atoms with E-state index in [1.165, 1.54) is 18.3 Å². The van der Waals surface area contributed by atoms with E-state index in [9.17, 15) is 13.0 Å². The van der Waals surface area contributed by atoms with Crippen molar-refractivity contribution in [1.82, 2.24) is 4.98 Å². The smallest absolute Gasteiger partial charge is 0.272 e. The standard InChI is InChI=1S/C10H8ClF2NO3S/c11-6-2-1-5-7(18(15)16)3-14-9(5)10(6)17-4-8(12)13/h1-3,8,14H,4H2,(H,15,16). The Hall–Kier alpha value is -1.18. The molecule has 1 unspecified atom stereocenters. The van der Waals surface area contributed by atoms with Crippen LogP contribution in [-0.4, -0.2) is 26.8 Å². The maximum atomic E-state index is 12.1. The van der Waals surface area contributed by atoms with Crippen LogP contribution >= 0.6 is 11.6 Å². The molecule has 1 heterocycles. The second kappa shape index (κ2) is 5.21. The number of benzene rings is 1. The normalized spacial score (nSPS) is 13.2. The van der Waals surface area contributed by atoms with E-state index in [-0.39, 0.29) is 15.7 Å². The number of aromatic amines is 1. The third kappa shape index (κ3) is 2.47. The first-order valence-electron chi connectivity index (χ1n) is 4.82. The minimum atomic E-state index is -2.63. The van der Waals surface area contributed by atoms with Crippen LogP contribution in [0.2, 0.25) is 5.02 Å². The lowest BCUT2D eigenvalue weighted by molar-refractivity contribution is 0.0826. The van der Waals surface area contributed by atoms with Crippen molar-refractivity contribution in [2.45, 2.75) is 11.3 Å². The van der Waals surface area contributed by atoms with Crippen LogP contribution in [0.15, 0.2) is 23.2 Å². The highest BCUT2D eigenvalue weighted by atomic mass is 35.5. The zero-order chi connectivity index (χ0) is 13.3. The van der Waals surface area contributed by atoms with Gasteiger partial charge in [-0.05, 0) is 12.1 Å². The molecule has 0 bridgehead atoms. The van der Waals surface area contributed by atoms with Crippen molar-refractivity contribution in [3.8, 4) is 5.75 Å². The molecule has 1 atom stereocenters. The van der Waals surface area contributed by atoms with Crippen LogP contribution in [0.3, 0.4) is 0 Å². The minimum Gasteiger partial charge on any atom is -0.484 e. The van der Waals surface area contributed by atoms with Crippen molar-refractivity contribution in [2.24, 2.45) is 0 Å². The predicted molar refractivity (Wildman–Crippen MR) is 63.8 cm³/mol. The van der Waals surface area contributed by atoms with E-state index >= 15 is 0 Å². The van der Waals surface area contributed by atoms with Crippen LogP contribution in [0.4, 0.5) is 8.78 Å². The van der Waals surface area contributed by atoms with Crippen molar-refractivity contribution in [3.63, 3.8) is 0 Å². The van der Waals surface area contributed by atoms with Crippen LogP contribution in [0.5, 0.6) is 5.75 Å². The summed E-state index contributed by atoms with van der Waals surface area (Å²) in [5.41, 5.74) is 0.320. The van der Waals surface area contributed by atoms with Crippen LogP contribution in [0.25, 0.3) is 10.9 Å². The summed E-state index contributed by atoms with van der Waals surface area (Å²) >= 11 is 3.67. The van der Waals surface area contributed by atoms with Gasteiger partial charge in [-0.25, -0.2) is 13.0 Å². The number of hydrogen-bond acceptors (Lipinski definition) is 2. The molecule has 2 aromatic rings. The molecule has 0 radical (unpaired) electrons. The Labute approximate surface area is 108 Å². The van der Waals surface area contributed by atoms with Crippen molar-refractivity contribution in [2.75, 3.05) is 6.61 Å². The number of fused-ring (bicyclic) bond motifs is 1. The second-order valence-electron chi connectivity index (χ2n) is 3.40. The van der Waals surface area contributed by atoms with Crippen LogP contribution in [0.1, 0.15) is 0 Å². The highest BCUT2D eigenvalue weighted by Crippen LogP contribution is 2.35. The van der Waals surface area contributed by atoms with Gasteiger partial charge in [0.2, 0.25) is 0 Å². The monoisotopic (exact) mass is 295 g/mol. The highest BCUT2D eigenvalue weighted by Gasteiger charge is 2.16. The number of aromatic nitrogens is 1. The molecule has 0 amide bonds. The van der Waals surface area contributed by atoms with E-state index in [1.54, 1.807) is 0 Å². The van der Waals surface area contributed by atoms with Gasteiger partial charge in [-0.3, -0.25) is 0 Å². The molecule has 0 aliphatic carbocycles. The summed E-state index contributed by atoms with van der Waals surface area (Å²) in [6.45, 7) is -0.796. The molecule has 18 heavy (non-hydrogen) atoms. The quantitative estimate of drug-likeness (QED) is 0.852. The maximum Gasteiger partial charge on any atom is 0.272 e. The van der Waals surface area contributed by atoms with Crippen LogP contribution in [0, 0.1) is 0 Å². The van der Waals surface area contributed by atoms with Gasteiger partial charge >= 0.3 is 0 Å². The molecule has 0 fully saturated rings. The molecule has 0 aliphatic heterocycles. The Kier molecular flexibility index (Phi) is 3.84. The number of rotatable bonds is 4. The van der Waals surface area contributed by atoms with Crippen molar-refractivity contribution < 1.29 is 22.3 Å². The second-order valence-corrected chi connectivity index (χ2v) is 4.75. The summed E-state index contributed by atoms with van der Waals surface area (Å²) in [6.07, 6.45) is -1.32. The van der Waals surface area contributed by atoms with Gasteiger partial charge in [-0.1, -0.05) is 11.6 Å². The number of H-pyrrole nitrogens is 1. The molecule has 8 heteroatoms. The summed E-state index contributed by atoms with van der Waals surface area (Å²) in [4.78, 5) is 2.84. The first kappa shape index (κ1) is 13.3. The average molecular weight is 296 g/mol. The fourth-order valence-electron chi connectivity index (χ4n) is 1.55. The van der Waals surface area contributed by atoms with Gasteiger partial charge < -0.3 is 14.3 Å². The fourth-order valence-corrected chi connectivity index (χ4v) is 2.28. The largest absolute Gasteiger partial charge is 0.484 e. The Balaban J connectivity index is 2.51. The molecule has 2 rings (SSSR count). The molecule has 1 aromatic carbocycles. The van der Waals surface area contributed by atoms with Crippen molar-refractivity contribution >= 4 is 33.6 Å². The SMILES string of the molecule is O=S(O)c1c[nH]c2c(OCC(F)F)c(Cl)ccc12. The number of ether oxygens (including phenoxy) is 1. The van der Waals surface area contributed by atoms with Gasteiger partial charge in [0.25, 0.3) is 6.43 Å². The Morgan fingerprint density at radius 3 is 2.83 bits per heavy atom. The fraction of sp³-hybridized carbons (Fsp3) is 0.200. The Morgan fingerprint density at radius 1 is 1.50 bits per heavy atom. The van der Waals surface area contributed by atoms with Crippen molar-refractivity contribution in [1.29, 1.82) is 0 Å². The molecule has 1 aromatic heterocycles. The lowest BCUT2D eigenvalue weighted by Gasteiger charge is -2.08. The number of alkyl halides is 2. The summed E-state index contributed by atoms with van der Waals surface area (Å²) in [6, 6.07) is 2.95. The van der Waals surface area contributed by atoms with E-state index in [2.05, 4.69) is 4.98 Å². The van der Waals surface area contributed by atoms with Gasteiger partial charge in [0.05, 0.1) is 15.4 Å². The third-order valence-corrected chi connectivity index (χ3v) is 3.28. The molecule has 4 nitrogen and oxygen atoms in total. The summed E-state index contributed by atoms with van der Waals surface area (Å²) in [5, 5.41) is 0.560. The predicted octanol–water partition coefficient (Wildman–Crippen LogP) is 3.05. The molecule has 0 spiro atoms. The van der Waals surface area contributed by atoms with Crippen LogP contribution in [-0.2, 0) is 11.1 Å². The number of hydrogen-bond donors (Lipinski definition) is 2. The lowest BCUT2D eigenvalue weighted by atomic mass is 10.2. The molecule has 0 aliphatic rings. The Morgan fingerprint density at radius 2 is 2.22 bits per heavy atom. The first-order chi connectivity index (χ1) is 8.50. The maximum absolute atomic E-state index is 12.1. The topological polar surface area (TPSA) is 62.3 Å². The molecule has 0 saturated heterocycles. The van der Waals surface area contributed by atoms with Gasteiger partial charge in [0, 0.05) is 11.6 Å². The van der Waals surface area contributed by atoms with E-state index in [4.69, 9.17) is 20.9 Å².